The lowest BCUT2D eigenvalue weighted by atomic mass is 10.1. The number of fused-ring (bicyclic) bond motifs is 2. The molecule has 0 fully saturated rings. The van der Waals surface area contributed by atoms with E-state index in [4.69, 9.17) is 72.0 Å². The number of hydrogen-bond acceptors (Lipinski definition) is 22. The fraction of sp³-hybridized carbons (Fsp3) is 0.642. The van der Waals surface area contributed by atoms with E-state index in [0.717, 1.165) is 10.1 Å². The number of carbonyl (C=O) groups excluding carboxylic acids is 7. The van der Waals surface area contributed by atoms with E-state index in [9.17, 15) is 33.6 Å². The second-order valence-electron chi connectivity index (χ2n) is 17.2. The first kappa shape index (κ1) is 68.4. The molecule has 0 unspecified atom stereocenters. The minimum atomic E-state index is -0.502. The Labute approximate surface area is 476 Å². The standard InChI is InChI=1S/C53H78N8O21/c54-58-57-14-20-72-24-28-76-32-29-75-27-23-71-19-11-49(64)59(15-12-55-47(62)9-17-69-21-25-73-30-33-77-35-37-79-39-41-81-60-50(65)43-5-1-2-6-44(43)51(60)66)16-13-56-48(63)10-18-70-22-26-74-31-34-78-36-38-80-40-42-82-61-52(67)45-7-3-4-8-46(45)53(61)68/h1-8H,9-42H2,(H,55,62)(H,56,63). The molecule has 0 bridgehead atoms. The van der Waals surface area contributed by atoms with Crippen molar-refractivity contribution in [3.63, 3.8) is 0 Å². The second kappa shape index (κ2) is 44.5. The normalized spacial score (nSPS) is 12.7. The lowest BCUT2D eigenvalue weighted by molar-refractivity contribution is -0.133. The van der Waals surface area contributed by atoms with Crippen LogP contribution >= 0.6 is 0 Å². The van der Waals surface area contributed by atoms with Crippen LogP contribution in [0.3, 0.4) is 0 Å². The van der Waals surface area contributed by atoms with E-state index in [1.54, 1.807) is 53.4 Å². The van der Waals surface area contributed by atoms with Gasteiger partial charge in [0.25, 0.3) is 23.6 Å². The van der Waals surface area contributed by atoms with Crippen LogP contribution in [0.4, 0.5) is 0 Å². The Kier molecular flexibility index (Phi) is 37.1. The maximum Gasteiger partial charge on any atom is 0.285 e. The van der Waals surface area contributed by atoms with Gasteiger partial charge in [-0.25, -0.2) is 0 Å². The Balaban J connectivity index is 0.965. The lowest BCUT2D eigenvalue weighted by Gasteiger charge is -2.23. The van der Waals surface area contributed by atoms with Crippen LogP contribution in [0.2, 0.25) is 0 Å². The number of nitrogens with one attached hydrogen (secondary N) is 2. The largest absolute Gasteiger partial charge is 0.379 e. The molecule has 29 heteroatoms. The fourth-order valence-corrected chi connectivity index (χ4v) is 7.23. The van der Waals surface area contributed by atoms with Gasteiger partial charge in [0.1, 0.15) is 0 Å². The minimum absolute atomic E-state index is 0.0180. The van der Waals surface area contributed by atoms with Crippen molar-refractivity contribution >= 4 is 41.4 Å². The van der Waals surface area contributed by atoms with E-state index in [1.165, 1.54) is 0 Å². The summed E-state index contributed by atoms with van der Waals surface area (Å²) in [5, 5.41) is 10.5. The SMILES string of the molecule is [N-]=[N+]=NCCOCCOCCOCCOCCC(=O)N(CCNC(=O)CCOCCOCCOCCOCCON1C(=O)c2ccccc2C1=O)CCNC(=O)CCOCCOCCOCCOCCON1C(=O)c2ccccc2C1=O. The molecule has 2 heterocycles. The van der Waals surface area contributed by atoms with Gasteiger partial charge in [0.2, 0.25) is 17.7 Å². The first-order valence-corrected chi connectivity index (χ1v) is 27.2. The number of benzene rings is 2. The molecule has 0 radical (unpaired) electrons. The van der Waals surface area contributed by atoms with Crippen molar-refractivity contribution in [1.29, 1.82) is 0 Å². The number of azide groups is 1. The molecule has 2 N–H and O–H groups in total. The summed E-state index contributed by atoms with van der Waals surface area (Å²) < 4.78 is 65.6. The molecule has 7 amide bonds. The van der Waals surface area contributed by atoms with Gasteiger partial charge in [-0.2, -0.15) is 0 Å². The molecular formula is C53H78N8O21. The van der Waals surface area contributed by atoms with Crippen molar-refractivity contribution in [1.82, 2.24) is 25.7 Å². The van der Waals surface area contributed by atoms with Gasteiger partial charge >= 0.3 is 0 Å². The number of hydrogen-bond donors (Lipinski definition) is 2. The van der Waals surface area contributed by atoms with Gasteiger partial charge in [0.05, 0.1) is 200 Å². The molecule has 456 valence electrons. The maximum atomic E-state index is 13.2. The van der Waals surface area contributed by atoms with Crippen LogP contribution in [0, 0.1) is 0 Å². The molecule has 4 rings (SSSR count). The zero-order chi connectivity index (χ0) is 58.5. The van der Waals surface area contributed by atoms with Crippen molar-refractivity contribution < 1.29 is 100 Å². The van der Waals surface area contributed by atoms with Crippen LogP contribution in [0.15, 0.2) is 53.6 Å². The molecule has 2 aromatic carbocycles. The summed E-state index contributed by atoms with van der Waals surface area (Å²) in [6.07, 6.45) is 0.260. The summed E-state index contributed by atoms with van der Waals surface area (Å²) in [4.78, 5) is 102. The van der Waals surface area contributed by atoms with Gasteiger partial charge in [-0.3, -0.25) is 43.2 Å². The van der Waals surface area contributed by atoms with Crippen molar-refractivity contribution in [2.75, 3.05) is 205 Å². The van der Waals surface area contributed by atoms with E-state index in [1.807, 2.05) is 0 Å². The first-order chi connectivity index (χ1) is 40.2. The zero-order valence-corrected chi connectivity index (χ0v) is 46.4. The molecule has 0 aliphatic carbocycles. The summed E-state index contributed by atoms with van der Waals surface area (Å²) in [6.45, 7) is 7.72. The van der Waals surface area contributed by atoms with Crippen molar-refractivity contribution in [2.24, 2.45) is 5.11 Å². The topological polar surface area (TPSA) is 331 Å². The highest BCUT2D eigenvalue weighted by Gasteiger charge is 2.37. The molecule has 2 aromatic rings. The van der Waals surface area contributed by atoms with Crippen LogP contribution in [0.25, 0.3) is 10.4 Å². The first-order valence-electron chi connectivity index (χ1n) is 27.2. The number of amides is 7. The number of carbonyl (C=O) groups is 7. The lowest BCUT2D eigenvalue weighted by Crippen LogP contribution is -2.43. The van der Waals surface area contributed by atoms with Gasteiger partial charge in [0.15, 0.2) is 0 Å². The Morgan fingerprint density at radius 1 is 0.402 bits per heavy atom. The maximum absolute atomic E-state index is 13.2. The third kappa shape index (κ3) is 28.7. The van der Waals surface area contributed by atoms with Crippen molar-refractivity contribution in [3.8, 4) is 0 Å². The van der Waals surface area contributed by atoms with Gasteiger partial charge in [-0.1, -0.05) is 29.4 Å². The molecule has 2 aliphatic heterocycles. The van der Waals surface area contributed by atoms with Crippen LogP contribution in [-0.2, 0) is 80.9 Å². The van der Waals surface area contributed by atoms with Crippen LogP contribution in [0.1, 0.15) is 60.7 Å². The summed E-state index contributed by atoms with van der Waals surface area (Å²) in [5.41, 5.74) is 9.48. The summed E-state index contributed by atoms with van der Waals surface area (Å²) >= 11 is 0. The van der Waals surface area contributed by atoms with Crippen molar-refractivity contribution in [2.45, 2.75) is 19.3 Å². The predicted octanol–water partition coefficient (Wildman–Crippen LogP) is 1.18. The molecule has 82 heavy (non-hydrogen) atoms. The second-order valence-corrected chi connectivity index (χ2v) is 17.2. The van der Waals surface area contributed by atoms with E-state index in [-0.39, 0.29) is 149 Å². The van der Waals surface area contributed by atoms with Crippen LogP contribution < -0.4 is 10.6 Å². The quantitative estimate of drug-likeness (QED) is 0.0309. The minimum Gasteiger partial charge on any atom is -0.379 e. The van der Waals surface area contributed by atoms with E-state index in [0.29, 0.717) is 115 Å². The Morgan fingerprint density at radius 2 is 0.671 bits per heavy atom. The molecule has 0 saturated carbocycles. The molecular weight excluding hydrogens is 1080 g/mol. The summed E-state index contributed by atoms with van der Waals surface area (Å²) in [6, 6.07) is 13.0. The average Bonchev–Trinajstić information content (AvgIpc) is 3.93. The van der Waals surface area contributed by atoms with E-state index < -0.39 is 23.6 Å². The highest BCUT2D eigenvalue weighted by atomic mass is 16.7. The highest BCUT2D eigenvalue weighted by molar-refractivity contribution is 6.21. The molecule has 29 nitrogen and oxygen atoms in total. The molecule has 0 atom stereocenters. The van der Waals surface area contributed by atoms with Crippen molar-refractivity contribution in [3.05, 3.63) is 81.2 Å². The smallest absolute Gasteiger partial charge is 0.285 e. The number of ether oxygens (including phenoxy) is 12. The average molecular weight is 1160 g/mol. The third-order valence-corrected chi connectivity index (χ3v) is 11.3. The van der Waals surface area contributed by atoms with Gasteiger partial charge in [-0.15, -0.1) is 10.1 Å². The van der Waals surface area contributed by atoms with E-state index in [2.05, 4.69) is 20.7 Å². The molecule has 0 spiro atoms. The Morgan fingerprint density at radius 3 is 0.976 bits per heavy atom. The van der Waals surface area contributed by atoms with Gasteiger partial charge < -0.3 is 72.4 Å². The Bertz CT molecular complexity index is 2050. The number of imide groups is 2. The van der Waals surface area contributed by atoms with Gasteiger partial charge in [-0.05, 0) is 29.8 Å². The molecule has 0 saturated heterocycles. The zero-order valence-electron chi connectivity index (χ0n) is 46.4. The van der Waals surface area contributed by atoms with Crippen LogP contribution in [-0.4, -0.2) is 261 Å². The molecule has 2 aliphatic rings. The Hall–Kier alpha value is -6.12. The summed E-state index contributed by atoms with van der Waals surface area (Å²) in [5.74, 6) is -2.76. The van der Waals surface area contributed by atoms with Crippen LogP contribution in [0.5, 0.6) is 0 Å². The number of nitrogens with zero attached hydrogens (tertiary/aromatic N) is 6. The third-order valence-electron chi connectivity index (χ3n) is 11.3. The number of rotatable bonds is 53. The van der Waals surface area contributed by atoms with Gasteiger partial charge in [0, 0.05) is 50.5 Å². The predicted molar refractivity (Wildman–Crippen MR) is 286 cm³/mol. The molecule has 0 aromatic heterocycles. The number of hydroxylamine groups is 4. The monoisotopic (exact) mass is 1160 g/mol. The summed E-state index contributed by atoms with van der Waals surface area (Å²) in [7, 11) is 0. The fourth-order valence-electron chi connectivity index (χ4n) is 7.23. The highest BCUT2D eigenvalue weighted by Crippen LogP contribution is 2.23. The van der Waals surface area contributed by atoms with E-state index >= 15 is 0 Å².